The minimum Gasteiger partial charge on any atom is -0.497 e. The highest BCUT2D eigenvalue weighted by Gasteiger charge is 2.35. The van der Waals surface area contributed by atoms with Crippen molar-refractivity contribution < 1.29 is 14.3 Å². The predicted octanol–water partition coefficient (Wildman–Crippen LogP) is 1.82. The lowest BCUT2D eigenvalue weighted by Gasteiger charge is -2.23. The SMILES string of the molecule is COc1ccc(NC(=O)C2CSCN2C(=O)c2ccc(-n3cnnn3)cc2)cc1. The van der Waals surface area contributed by atoms with Crippen LogP contribution in [0.1, 0.15) is 10.4 Å². The van der Waals surface area contributed by atoms with Gasteiger partial charge in [-0.25, -0.2) is 4.68 Å². The predicted molar refractivity (Wildman–Crippen MR) is 108 cm³/mol. The lowest BCUT2D eigenvalue weighted by molar-refractivity contribution is -0.119. The molecule has 0 spiro atoms. The molecule has 10 heteroatoms. The maximum Gasteiger partial charge on any atom is 0.255 e. The summed E-state index contributed by atoms with van der Waals surface area (Å²) >= 11 is 1.55. The van der Waals surface area contributed by atoms with Gasteiger partial charge in [-0.3, -0.25) is 9.59 Å². The number of methoxy groups -OCH3 is 1. The van der Waals surface area contributed by atoms with E-state index in [0.29, 0.717) is 28.6 Å². The Kier molecular flexibility index (Phi) is 5.43. The van der Waals surface area contributed by atoms with Crippen molar-refractivity contribution in [2.45, 2.75) is 6.04 Å². The van der Waals surface area contributed by atoms with Crippen molar-refractivity contribution in [3.05, 3.63) is 60.4 Å². The number of nitrogens with zero attached hydrogens (tertiary/aromatic N) is 5. The van der Waals surface area contributed by atoms with Crippen LogP contribution in [-0.2, 0) is 4.79 Å². The number of nitrogens with one attached hydrogen (secondary N) is 1. The zero-order valence-corrected chi connectivity index (χ0v) is 16.4. The first-order valence-corrected chi connectivity index (χ1v) is 9.98. The van der Waals surface area contributed by atoms with Crippen molar-refractivity contribution in [1.82, 2.24) is 25.1 Å². The molecule has 1 atom stereocenters. The van der Waals surface area contributed by atoms with E-state index in [1.54, 1.807) is 72.3 Å². The number of amides is 2. The van der Waals surface area contributed by atoms with E-state index in [1.165, 1.54) is 11.0 Å². The first-order valence-electron chi connectivity index (χ1n) is 8.83. The average molecular weight is 410 g/mol. The number of hydrogen-bond acceptors (Lipinski definition) is 7. The number of ether oxygens (including phenoxy) is 1. The molecule has 9 nitrogen and oxygen atoms in total. The molecule has 148 valence electrons. The van der Waals surface area contributed by atoms with Crippen molar-refractivity contribution in [2.75, 3.05) is 24.1 Å². The summed E-state index contributed by atoms with van der Waals surface area (Å²) < 4.78 is 6.63. The van der Waals surface area contributed by atoms with Gasteiger partial charge in [-0.05, 0) is 59.0 Å². The van der Waals surface area contributed by atoms with E-state index >= 15 is 0 Å². The lowest BCUT2D eigenvalue weighted by Crippen LogP contribution is -2.44. The van der Waals surface area contributed by atoms with E-state index in [4.69, 9.17) is 4.74 Å². The van der Waals surface area contributed by atoms with E-state index in [0.717, 1.165) is 5.69 Å². The smallest absolute Gasteiger partial charge is 0.255 e. The molecule has 4 rings (SSSR count). The van der Waals surface area contributed by atoms with E-state index in [2.05, 4.69) is 20.8 Å². The van der Waals surface area contributed by atoms with Gasteiger partial charge in [0.15, 0.2) is 0 Å². The fourth-order valence-electron chi connectivity index (χ4n) is 2.96. The molecule has 0 bridgehead atoms. The molecule has 2 heterocycles. The molecular weight excluding hydrogens is 392 g/mol. The van der Waals surface area contributed by atoms with E-state index in [9.17, 15) is 9.59 Å². The van der Waals surface area contributed by atoms with Gasteiger partial charge in [-0.1, -0.05) is 0 Å². The average Bonchev–Trinajstić information content (AvgIpc) is 3.46. The molecule has 1 N–H and O–H groups in total. The van der Waals surface area contributed by atoms with Crippen LogP contribution in [0.25, 0.3) is 5.69 Å². The minimum absolute atomic E-state index is 0.187. The molecule has 2 aromatic carbocycles. The van der Waals surface area contributed by atoms with Crippen LogP contribution in [0.5, 0.6) is 5.75 Å². The topological polar surface area (TPSA) is 102 Å². The summed E-state index contributed by atoms with van der Waals surface area (Å²) in [4.78, 5) is 27.3. The number of carbonyl (C=O) groups excluding carboxylic acids is 2. The summed E-state index contributed by atoms with van der Waals surface area (Å²) in [7, 11) is 1.59. The number of thioether (sulfide) groups is 1. The third kappa shape index (κ3) is 4.06. The molecule has 0 aliphatic carbocycles. The molecular formula is C19H18N6O3S. The summed E-state index contributed by atoms with van der Waals surface area (Å²) in [6.07, 6.45) is 1.48. The summed E-state index contributed by atoms with van der Waals surface area (Å²) in [5.41, 5.74) is 1.91. The molecule has 1 aromatic heterocycles. The second-order valence-electron chi connectivity index (χ2n) is 6.31. The zero-order valence-electron chi connectivity index (χ0n) is 15.6. The van der Waals surface area contributed by atoms with Crippen molar-refractivity contribution in [2.24, 2.45) is 0 Å². The van der Waals surface area contributed by atoms with Crippen LogP contribution in [0.15, 0.2) is 54.9 Å². The molecule has 1 fully saturated rings. The van der Waals surface area contributed by atoms with Gasteiger partial charge in [0.1, 0.15) is 18.1 Å². The Morgan fingerprint density at radius 1 is 1.14 bits per heavy atom. The monoisotopic (exact) mass is 410 g/mol. The highest BCUT2D eigenvalue weighted by molar-refractivity contribution is 7.99. The Bertz CT molecular complexity index is 992. The van der Waals surface area contributed by atoms with Gasteiger partial charge in [0, 0.05) is 17.0 Å². The van der Waals surface area contributed by atoms with Crippen LogP contribution in [0, 0.1) is 0 Å². The Morgan fingerprint density at radius 2 is 1.90 bits per heavy atom. The van der Waals surface area contributed by atoms with E-state index in [1.807, 2.05) is 0 Å². The highest BCUT2D eigenvalue weighted by atomic mass is 32.2. The molecule has 0 radical (unpaired) electrons. The maximum atomic E-state index is 13.0. The lowest BCUT2D eigenvalue weighted by atomic mass is 10.1. The molecule has 1 aliphatic rings. The molecule has 0 saturated carbocycles. The van der Waals surface area contributed by atoms with Crippen molar-refractivity contribution in [3.63, 3.8) is 0 Å². The van der Waals surface area contributed by atoms with Crippen LogP contribution in [-0.4, -0.2) is 61.7 Å². The third-order valence-corrected chi connectivity index (χ3v) is 5.54. The second kappa shape index (κ2) is 8.31. The number of aromatic nitrogens is 4. The van der Waals surface area contributed by atoms with Crippen molar-refractivity contribution in [1.29, 1.82) is 0 Å². The quantitative estimate of drug-likeness (QED) is 0.684. The molecule has 1 unspecified atom stereocenters. The van der Waals surface area contributed by atoms with Crippen LogP contribution in [0.2, 0.25) is 0 Å². The Labute approximate surface area is 171 Å². The fourth-order valence-corrected chi connectivity index (χ4v) is 4.12. The van der Waals surface area contributed by atoms with Crippen LogP contribution < -0.4 is 10.1 Å². The standard InChI is InChI=1S/C19H18N6O3S/c1-28-16-8-4-14(5-9-16)21-18(26)17-10-29-12-24(17)19(27)13-2-6-15(7-3-13)25-11-20-22-23-25/h2-9,11,17H,10,12H2,1H3,(H,21,26). The summed E-state index contributed by atoms with van der Waals surface area (Å²) in [6.45, 7) is 0. The number of tetrazole rings is 1. The van der Waals surface area contributed by atoms with Gasteiger partial charge >= 0.3 is 0 Å². The first kappa shape index (κ1) is 18.9. The molecule has 2 amide bonds. The van der Waals surface area contributed by atoms with Gasteiger partial charge in [0.25, 0.3) is 5.91 Å². The van der Waals surface area contributed by atoms with Crippen LogP contribution >= 0.6 is 11.8 Å². The van der Waals surface area contributed by atoms with Crippen molar-refractivity contribution >= 4 is 29.3 Å². The molecule has 29 heavy (non-hydrogen) atoms. The van der Waals surface area contributed by atoms with Gasteiger partial charge in [0.2, 0.25) is 5.91 Å². The molecule has 3 aromatic rings. The molecule has 1 aliphatic heterocycles. The van der Waals surface area contributed by atoms with Crippen LogP contribution in [0.3, 0.4) is 0 Å². The van der Waals surface area contributed by atoms with Gasteiger partial charge < -0.3 is 15.0 Å². The number of benzene rings is 2. The van der Waals surface area contributed by atoms with E-state index < -0.39 is 6.04 Å². The number of anilines is 1. The summed E-state index contributed by atoms with van der Waals surface area (Å²) in [6, 6.07) is 13.5. The normalized spacial score (nSPS) is 15.9. The fraction of sp³-hybridized carbons (Fsp3) is 0.211. The Morgan fingerprint density at radius 3 is 2.55 bits per heavy atom. The first-order chi connectivity index (χ1) is 14.2. The Balaban J connectivity index is 1.45. The largest absolute Gasteiger partial charge is 0.497 e. The minimum atomic E-state index is -0.534. The number of hydrogen-bond donors (Lipinski definition) is 1. The Hall–Kier alpha value is -3.40. The second-order valence-corrected chi connectivity index (χ2v) is 7.31. The summed E-state index contributed by atoms with van der Waals surface area (Å²) in [5, 5.41) is 13.9. The van der Waals surface area contributed by atoms with Gasteiger partial charge in [-0.2, -0.15) is 0 Å². The van der Waals surface area contributed by atoms with Crippen molar-refractivity contribution in [3.8, 4) is 11.4 Å². The highest BCUT2D eigenvalue weighted by Crippen LogP contribution is 2.25. The number of rotatable bonds is 5. The van der Waals surface area contributed by atoms with Crippen LogP contribution in [0.4, 0.5) is 5.69 Å². The third-order valence-electron chi connectivity index (χ3n) is 4.53. The molecule has 1 saturated heterocycles. The van der Waals surface area contributed by atoms with Gasteiger partial charge in [-0.15, -0.1) is 16.9 Å². The maximum absolute atomic E-state index is 13.0. The van der Waals surface area contributed by atoms with E-state index in [-0.39, 0.29) is 11.8 Å². The number of carbonyl (C=O) groups is 2. The zero-order chi connectivity index (χ0) is 20.2. The summed E-state index contributed by atoms with van der Waals surface area (Å²) in [5.74, 6) is 1.33. The van der Waals surface area contributed by atoms with Gasteiger partial charge in [0.05, 0.1) is 18.7 Å².